The number of nitrogens with two attached hydrogens (primary N) is 1. The fourth-order valence-electron chi connectivity index (χ4n) is 1.91. The Morgan fingerprint density at radius 1 is 1.18 bits per heavy atom. The number of aromatic nitrogens is 3. The summed E-state index contributed by atoms with van der Waals surface area (Å²) in [5.74, 6) is 0.0305. The number of aliphatic carboxylic acids is 1. The molecule has 0 bridgehead atoms. The second-order valence-corrected chi connectivity index (χ2v) is 4.89. The standard InChI is InChI=1S/C14H18N6O2/c1-19(2)14-17-11(16-13(15)18-14)8-20(9-12(21)22)10-6-4-3-5-7-10/h3-7H,8-9H2,1-2H3,(H,21,22)(H2,15,16,17,18). The van der Waals surface area contributed by atoms with Gasteiger partial charge in [-0.2, -0.15) is 15.0 Å². The van der Waals surface area contributed by atoms with Crippen molar-refractivity contribution in [1.29, 1.82) is 0 Å². The highest BCUT2D eigenvalue weighted by Crippen LogP contribution is 2.16. The van der Waals surface area contributed by atoms with Gasteiger partial charge >= 0.3 is 5.97 Å². The summed E-state index contributed by atoms with van der Waals surface area (Å²) in [6.45, 7) is 0.0662. The highest BCUT2D eigenvalue weighted by molar-refractivity contribution is 5.73. The van der Waals surface area contributed by atoms with E-state index in [2.05, 4.69) is 15.0 Å². The zero-order valence-electron chi connectivity index (χ0n) is 12.5. The van der Waals surface area contributed by atoms with Gasteiger partial charge in [0.25, 0.3) is 0 Å². The zero-order valence-corrected chi connectivity index (χ0v) is 12.5. The molecule has 2 aromatic rings. The van der Waals surface area contributed by atoms with Gasteiger partial charge in [0.15, 0.2) is 5.82 Å². The third kappa shape index (κ3) is 4.05. The van der Waals surface area contributed by atoms with Gasteiger partial charge in [-0.3, -0.25) is 4.79 Å². The van der Waals surface area contributed by atoms with Crippen molar-refractivity contribution in [2.24, 2.45) is 0 Å². The van der Waals surface area contributed by atoms with E-state index in [1.165, 1.54) is 0 Å². The van der Waals surface area contributed by atoms with Crippen molar-refractivity contribution in [3.8, 4) is 0 Å². The van der Waals surface area contributed by atoms with E-state index in [1.807, 2.05) is 30.3 Å². The van der Waals surface area contributed by atoms with Crippen molar-refractivity contribution in [2.75, 3.05) is 36.2 Å². The molecule has 0 amide bonds. The zero-order chi connectivity index (χ0) is 16.1. The average molecular weight is 302 g/mol. The van der Waals surface area contributed by atoms with Crippen LogP contribution in [-0.4, -0.2) is 46.7 Å². The van der Waals surface area contributed by atoms with E-state index >= 15 is 0 Å². The lowest BCUT2D eigenvalue weighted by atomic mass is 10.3. The summed E-state index contributed by atoms with van der Waals surface area (Å²) in [7, 11) is 3.59. The number of nitrogens with zero attached hydrogens (tertiary/aromatic N) is 5. The Morgan fingerprint density at radius 2 is 1.86 bits per heavy atom. The first-order valence-corrected chi connectivity index (χ1v) is 6.65. The number of nitrogen functional groups attached to an aromatic ring is 1. The number of rotatable bonds is 6. The fourth-order valence-corrected chi connectivity index (χ4v) is 1.91. The Balaban J connectivity index is 2.29. The maximum atomic E-state index is 11.1. The molecule has 0 fully saturated rings. The van der Waals surface area contributed by atoms with Crippen LogP contribution in [0.1, 0.15) is 5.82 Å². The Bertz CT molecular complexity index is 647. The lowest BCUT2D eigenvalue weighted by molar-refractivity contribution is -0.135. The average Bonchev–Trinajstić information content (AvgIpc) is 2.46. The molecule has 0 saturated heterocycles. The van der Waals surface area contributed by atoms with Gasteiger partial charge in [0.2, 0.25) is 11.9 Å². The second-order valence-electron chi connectivity index (χ2n) is 4.89. The molecule has 8 nitrogen and oxygen atoms in total. The Morgan fingerprint density at radius 3 is 2.45 bits per heavy atom. The molecule has 0 radical (unpaired) electrons. The van der Waals surface area contributed by atoms with Crippen molar-refractivity contribution < 1.29 is 9.90 Å². The van der Waals surface area contributed by atoms with E-state index < -0.39 is 5.97 Å². The van der Waals surface area contributed by atoms with Crippen LogP contribution in [-0.2, 0) is 11.3 Å². The number of hydrogen-bond donors (Lipinski definition) is 2. The number of para-hydroxylation sites is 1. The fraction of sp³-hybridized carbons (Fsp3) is 0.286. The van der Waals surface area contributed by atoms with Gasteiger partial charge in [-0.05, 0) is 12.1 Å². The van der Waals surface area contributed by atoms with Crippen LogP contribution in [0, 0.1) is 0 Å². The van der Waals surface area contributed by atoms with Crippen LogP contribution in [0.25, 0.3) is 0 Å². The van der Waals surface area contributed by atoms with Gasteiger partial charge in [0.1, 0.15) is 6.54 Å². The molecule has 116 valence electrons. The molecule has 3 N–H and O–H groups in total. The topological polar surface area (TPSA) is 108 Å². The van der Waals surface area contributed by atoms with Gasteiger partial charge in [-0.1, -0.05) is 18.2 Å². The van der Waals surface area contributed by atoms with Crippen LogP contribution < -0.4 is 15.5 Å². The summed E-state index contributed by atoms with van der Waals surface area (Å²) in [6.07, 6.45) is 0. The Kier molecular flexibility index (Phi) is 4.72. The smallest absolute Gasteiger partial charge is 0.323 e. The highest BCUT2D eigenvalue weighted by atomic mass is 16.4. The van der Waals surface area contributed by atoms with E-state index in [9.17, 15) is 4.79 Å². The molecule has 0 atom stereocenters. The second kappa shape index (κ2) is 6.70. The number of carboxylic acids is 1. The number of carboxylic acid groups (broad SMARTS) is 1. The minimum Gasteiger partial charge on any atom is -0.480 e. The molecule has 1 aromatic heterocycles. The molecule has 0 aliphatic carbocycles. The highest BCUT2D eigenvalue weighted by Gasteiger charge is 2.14. The lowest BCUT2D eigenvalue weighted by Gasteiger charge is -2.22. The van der Waals surface area contributed by atoms with Crippen LogP contribution in [0.4, 0.5) is 17.6 Å². The van der Waals surface area contributed by atoms with Gasteiger partial charge < -0.3 is 20.6 Å². The molecule has 1 aromatic carbocycles. The lowest BCUT2D eigenvalue weighted by Crippen LogP contribution is -2.30. The van der Waals surface area contributed by atoms with E-state index in [1.54, 1.807) is 23.9 Å². The van der Waals surface area contributed by atoms with E-state index in [0.29, 0.717) is 11.8 Å². The Labute approximate surface area is 128 Å². The first-order chi connectivity index (χ1) is 10.5. The summed E-state index contributed by atoms with van der Waals surface area (Å²) in [5.41, 5.74) is 6.46. The molecule has 0 spiro atoms. The SMILES string of the molecule is CN(C)c1nc(N)nc(CN(CC(=O)O)c2ccccc2)n1. The third-order valence-electron chi connectivity index (χ3n) is 2.87. The van der Waals surface area contributed by atoms with Crippen LogP contribution in [0.15, 0.2) is 30.3 Å². The number of hydrogen-bond acceptors (Lipinski definition) is 7. The van der Waals surface area contributed by atoms with Crippen molar-refractivity contribution in [2.45, 2.75) is 6.54 Å². The summed E-state index contributed by atoms with van der Waals surface area (Å²) >= 11 is 0. The molecule has 2 rings (SSSR count). The normalized spacial score (nSPS) is 10.3. The quantitative estimate of drug-likeness (QED) is 0.799. The number of anilines is 3. The summed E-state index contributed by atoms with van der Waals surface area (Å²) in [4.78, 5) is 26.9. The van der Waals surface area contributed by atoms with Crippen LogP contribution in [0.5, 0.6) is 0 Å². The van der Waals surface area contributed by atoms with Crippen molar-refractivity contribution >= 4 is 23.6 Å². The van der Waals surface area contributed by atoms with Gasteiger partial charge in [-0.15, -0.1) is 0 Å². The predicted octanol–water partition coefficient (Wildman–Crippen LogP) is 0.611. The van der Waals surface area contributed by atoms with Crippen molar-refractivity contribution in [3.63, 3.8) is 0 Å². The Hall–Kier alpha value is -2.90. The molecular formula is C14H18N6O2. The maximum Gasteiger partial charge on any atom is 0.323 e. The van der Waals surface area contributed by atoms with Gasteiger partial charge in [-0.25, -0.2) is 0 Å². The van der Waals surface area contributed by atoms with Crippen molar-refractivity contribution in [3.05, 3.63) is 36.2 Å². The molecule has 22 heavy (non-hydrogen) atoms. The van der Waals surface area contributed by atoms with Crippen molar-refractivity contribution in [1.82, 2.24) is 15.0 Å². The minimum absolute atomic E-state index is 0.108. The van der Waals surface area contributed by atoms with Gasteiger partial charge in [0, 0.05) is 19.8 Å². The van der Waals surface area contributed by atoms with E-state index in [4.69, 9.17) is 10.8 Å². The third-order valence-corrected chi connectivity index (χ3v) is 2.87. The van der Waals surface area contributed by atoms with Crippen LogP contribution >= 0.6 is 0 Å². The molecule has 0 aliphatic rings. The summed E-state index contributed by atoms with van der Waals surface area (Å²) in [6, 6.07) is 9.22. The van der Waals surface area contributed by atoms with E-state index in [-0.39, 0.29) is 19.0 Å². The molecule has 1 heterocycles. The maximum absolute atomic E-state index is 11.1. The van der Waals surface area contributed by atoms with Crippen LogP contribution in [0.3, 0.4) is 0 Å². The summed E-state index contributed by atoms with van der Waals surface area (Å²) < 4.78 is 0. The molecule has 8 heteroatoms. The number of benzene rings is 1. The molecule has 0 unspecified atom stereocenters. The summed E-state index contributed by atoms with van der Waals surface area (Å²) in [5, 5.41) is 9.09. The first kappa shape index (κ1) is 15.5. The molecule has 0 saturated carbocycles. The van der Waals surface area contributed by atoms with Gasteiger partial charge in [0.05, 0.1) is 6.54 Å². The molecule has 0 aliphatic heterocycles. The number of carbonyl (C=O) groups is 1. The monoisotopic (exact) mass is 302 g/mol. The minimum atomic E-state index is -0.932. The molecular weight excluding hydrogens is 284 g/mol. The largest absolute Gasteiger partial charge is 0.480 e. The first-order valence-electron chi connectivity index (χ1n) is 6.65. The predicted molar refractivity (Wildman–Crippen MR) is 83.7 cm³/mol. The van der Waals surface area contributed by atoms with E-state index in [0.717, 1.165) is 5.69 Å². The van der Waals surface area contributed by atoms with Crippen LogP contribution in [0.2, 0.25) is 0 Å².